The highest BCUT2D eigenvalue weighted by molar-refractivity contribution is 5.80. The number of aliphatic hydroxyl groups is 1. The maximum absolute atomic E-state index is 13.4. The van der Waals surface area contributed by atoms with Crippen molar-refractivity contribution < 1.29 is 13.9 Å². The first-order chi connectivity index (χ1) is 10.0. The van der Waals surface area contributed by atoms with Crippen molar-refractivity contribution in [3.8, 4) is 11.3 Å². The van der Waals surface area contributed by atoms with E-state index < -0.39 is 17.7 Å². The lowest BCUT2D eigenvalue weighted by atomic mass is 10.0. The maximum Gasteiger partial charge on any atom is 0.126 e. The van der Waals surface area contributed by atoms with E-state index in [0.717, 1.165) is 6.07 Å². The highest BCUT2D eigenvalue weighted by Gasteiger charge is 2.15. The second-order valence-corrected chi connectivity index (χ2v) is 4.80. The van der Waals surface area contributed by atoms with Crippen molar-refractivity contribution in [3.05, 3.63) is 59.8 Å². The molecule has 2 heterocycles. The first-order valence-electron chi connectivity index (χ1n) is 6.45. The number of aromatic nitrogens is 2. The number of hydrogen-bond donors (Lipinski definition) is 1. The van der Waals surface area contributed by atoms with Crippen LogP contribution in [0.25, 0.3) is 22.3 Å². The number of halogens is 2. The standard InChI is InChI=1S/C16H12F2N2O/c1-9(21)13-8-15-14(3-2-4-19-15)20-16(13)10-5-11(17)7-12(18)6-10/h2-9,21H,1H3. The van der Waals surface area contributed by atoms with E-state index in [0.29, 0.717) is 22.3 Å². The molecule has 1 N–H and O–H groups in total. The molecule has 3 nitrogen and oxygen atoms in total. The second kappa shape index (κ2) is 5.18. The van der Waals surface area contributed by atoms with E-state index in [1.54, 1.807) is 31.3 Å². The number of benzene rings is 1. The molecule has 1 atom stereocenters. The van der Waals surface area contributed by atoms with Gasteiger partial charge in [-0.25, -0.2) is 13.8 Å². The lowest BCUT2D eigenvalue weighted by molar-refractivity contribution is 0.199. The van der Waals surface area contributed by atoms with Gasteiger partial charge in [-0.3, -0.25) is 4.98 Å². The van der Waals surface area contributed by atoms with Gasteiger partial charge in [0.25, 0.3) is 0 Å². The summed E-state index contributed by atoms with van der Waals surface area (Å²) in [6, 6.07) is 8.36. The Labute approximate surface area is 119 Å². The van der Waals surface area contributed by atoms with E-state index in [1.165, 1.54) is 12.1 Å². The molecule has 106 valence electrons. The fraction of sp³-hybridized carbons (Fsp3) is 0.125. The highest BCUT2D eigenvalue weighted by Crippen LogP contribution is 2.30. The number of rotatable bonds is 2. The maximum atomic E-state index is 13.4. The van der Waals surface area contributed by atoms with Crippen molar-refractivity contribution in [2.75, 3.05) is 0 Å². The molecule has 0 aliphatic rings. The van der Waals surface area contributed by atoms with Crippen LogP contribution in [0.4, 0.5) is 8.78 Å². The molecule has 2 aromatic heterocycles. The minimum atomic E-state index is -0.828. The molecule has 21 heavy (non-hydrogen) atoms. The number of aliphatic hydroxyl groups excluding tert-OH is 1. The minimum Gasteiger partial charge on any atom is -0.389 e. The molecule has 0 amide bonds. The molecule has 1 aromatic carbocycles. The van der Waals surface area contributed by atoms with Gasteiger partial charge in [0.1, 0.15) is 11.6 Å². The van der Waals surface area contributed by atoms with Crippen LogP contribution in [0, 0.1) is 11.6 Å². The Morgan fingerprint density at radius 3 is 2.43 bits per heavy atom. The Balaban J connectivity index is 2.31. The van der Waals surface area contributed by atoms with Crippen molar-refractivity contribution >= 4 is 11.0 Å². The second-order valence-electron chi connectivity index (χ2n) is 4.80. The van der Waals surface area contributed by atoms with Crippen LogP contribution in [0.15, 0.2) is 42.6 Å². The van der Waals surface area contributed by atoms with Gasteiger partial charge in [0, 0.05) is 23.4 Å². The van der Waals surface area contributed by atoms with E-state index >= 15 is 0 Å². The molecule has 0 fully saturated rings. The van der Waals surface area contributed by atoms with Gasteiger partial charge in [-0.05, 0) is 37.3 Å². The number of fused-ring (bicyclic) bond motifs is 1. The van der Waals surface area contributed by atoms with Crippen LogP contribution in [-0.4, -0.2) is 15.1 Å². The first-order valence-corrected chi connectivity index (χ1v) is 6.45. The molecule has 0 saturated carbocycles. The van der Waals surface area contributed by atoms with Crippen molar-refractivity contribution in [1.29, 1.82) is 0 Å². The Bertz CT molecular complexity index is 798. The first kappa shape index (κ1) is 13.6. The SMILES string of the molecule is CC(O)c1cc2ncccc2nc1-c1cc(F)cc(F)c1. The van der Waals surface area contributed by atoms with Crippen LogP contribution >= 0.6 is 0 Å². The average molecular weight is 286 g/mol. The lowest BCUT2D eigenvalue weighted by Crippen LogP contribution is -2.00. The zero-order valence-corrected chi connectivity index (χ0v) is 11.2. The van der Waals surface area contributed by atoms with E-state index in [2.05, 4.69) is 9.97 Å². The molecule has 3 aromatic rings. The average Bonchev–Trinajstić information content (AvgIpc) is 2.44. The van der Waals surface area contributed by atoms with E-state index in [9.17, 15) is 13.9 Å². The third-order valence-corrected chi connectivity index (χ3v) is 3.20. The molecule has 0 saturated heterocycles. The van der Waals surface area contributed by atoms with Gasteiger partial charge in [-0.1, -0.05) is 0 Å². The Morgan fingerprint density at radius 2 is 1.76 bits per heavy atom. The summed E-state index contributed by atoms with van der Waals surface area (Å²) < 4.78 is 26.8. The Kier molecular flexibility index (Phi) is 3.35. The zero-order valence-electron chi connectivity index (χ0n) is 11.2. The fourth-order valence-electron chi connectivity index (χ4n) is 2.26. The predicted octanol–water partition coefficient (Wildman–Crippen LogP) is 3.63. The number of hydrogen-bond acceptors (Lipinski definition) is 3. The van der Waals surface area contributed by atoms with Gasteiger partial charge in [0.2, 0.25) is 0 Å². The Hall–Kier alpha value is -2.40. The summed E-state index contributed by atoms with van der Waals surface area (Å²) >= 11 is 0. The number of nitrogens with zero attached hydrogens (tertiary/aromatic N) is 2. The number of pyridine rings is 2. The summed E-state index contributed by atoms with van der Waals surface area (Å²) in [5, 5.41) is 9.91. The third-order valence-electron chi connectivity index (χ3n) is 3.20. The van der Waals surface area contributed by atoms with Gasteiger partial charge in [0.15, 0.2) is 0 Å². The summed E-state index contributed by atoms with van der Waals surface area (Å²) in [5.41, 5.74) is 2.33. The van der Waals surface area contributed by atoms with Gasteiger partial charge in [0.05, 0.1) is 22.8 Å². The smallest absolute Gasteiger partial charge is 0.126 e. The molecule has 0 aliphatic heterocycles. The van der Waals surface area contributed by atoms with E-state index in [-0.39, 0.29) is 5.56 Å². The zero-order chi connectivity index (χ0) is 15.0. The molecule has 0 spiro atoms. The molecular weight excluding hydrogens is 274 g/mol. The molecule has 5 heteroatoms. The van der Waals surface area contributed by atoms with Crippen molar-refractivity contribution in [1.82, 2.24) is 9.97 Å². The van der Waals surface area contributed by atoms with E-state index in [1.807, 2.05) is 0 Å². The van der Waals surface area contributed by atoms with Crippen LogP contribution in [0.3, 0.4) is 0 Å². The highest BCUT2D eigenvalue weighted by atomic mass is 19.1. The van der Waals surface area contributed by atoms with E-state index in [4.69, 9.17) is 0 Å². The van der Waals surface area contributed by atoms with Gasteiger partial charge in [-0.2, -0.15) is 0 Å². The minimum absolute atomic E-state index is 0.286. The monoisotopic (exact) mass is 286 g/mol. The molecular formula is C16H12F2N2O. The lowest BCUT2D eigenvalue weighted by Gasteiger charge is -2.13. The van der Waals surface area contributed by atoms with Gasteiger partial charge in [-0.15, -0.1) is 0 Å². The summed E-state index contributed by atoms with van der Waals surface area (Å²) in [7, 11) is 0. The third kappa shape index (κ3) is 2.60. The Morgan fingerprint density at radius 1 is 1.05 bits per heavy atom. The van der Waals surface area contributed by atoms with Crippen LogP contribution in [0.5, 0.6) is 0 Å². The topological polar surface area (TPSA) is 46.0 Å². The van der Waals surface area contributed by atoms with Gasteiger partial charge < -0.3 is 5.11 Å². The molecule has 0 bridgehead atoms. The van der Waals surface area contributed by atoms with Crippen LogP contribution in [0.2, 0.25) is 0 Å². The van der Waals surface area contributed by atoms with Crippen LogP contribution < -0.4 is 0 Å². The summed E-state index contributed by atoms with van der Waals surface area (Å²) in [6.45, 7) is 1.57. The quantitative estimate of drug-likeness (QED) is 0.782. The predicted molar refractivity (Wildman–Crippen MR) is 75.5 cm³/mol. The normalized spacial score (nSPS) is 12.6. The molecule has 1 unspecified atom stereocenters. The van der Waals surface area contributed by atoms with Crippen molar-refractivity contribution in [2.45, 2.75) is 13.0 Å². The summed E-state index contributed by atoms with van der Waals surface area (Å²) in [6.07, 6.45) is 0.794. The van der Waals surface area contributed by atoms with Gasteiger partial charge >= 0.3 is 0 Å². The van der Waals surface area contributed by atoms with Crippen molar-refractivity contribution in [2.24, 2.45) is 0 Å². The molecule has 0 aliphatic carbocycles. The van der Waals surface area contributed by atoms with Crippen molar-refractivity contribution in [3.63, 3.8) is 0 Å². The van der Waals surface area contributed by atoms with Crippen LogP contribution in [-0.2, 0) is 0 Å². The van der Waals surface area contributed by atoms with Crippen LogP contribution in [0.1, 0.15) is 18.6 Å². The summed E-state index contributed by atoms with van der Waals surface area (Å²) in [5.74, 6) is -1.37. The largest absolute Gasteiger partial charge is 0.389 e. The summed E-state index contributed by atoms with van der Waals surface area (Å²) in [4.78, 5) is 8.57. The molecule has 3 rings (SSSR count). The fourth-order valence-corrected chi connectivity index (χ4v) is 2.26. The molecule has 0 radical (unpaired) electrons.